The van der Waals surface area contributed by atoms with Crippen molar-refractivity contribution in [2.45, 2.75) is 19.4 Å². The van der Waals surface area contributed by atoms with Gasteiger partial charge in [0.15, 0.2) is 0 Å². The molecule has 0 aromatic heterocycles. The van der Waals surface area contributed by atoms with Gasteiger partial charge < -0.3 is 15.4 Å². The number of carbonyl (C=O) groups is 2. The summed E-state index contributed by atoms with van der Waals surface area (Å²) in [6, 6.07) is 10.0. The molecule has 0 bridgehead atoms. The predicted octanol–water partition coefficient (Wildman–Crippen LogP) is 3.01. The minimum absolute atomic E-state index is 0.148. The molecule has 1 aliphatic carbocycles. The van der Waals surface area contributed by atoms with Crippen LogP contribution in [0.2, 0.25) is 0 Å². The molecule has 5 nitrogen and oxygen atoms in total. The summed E-state index contributed by atoms with van der Waals surface area (Å²) in [4.78, 5) is 24.9. The number of benzene rings is 2. The van der Waals surface area contributed by atoms with Crippen molar-refractivity contribution in [3.05, 3.63) is 59.7 Å². The molecule has 7 heteroatoms. The lowest BCUT2D eigenvalue weighted by Gasteiger charge is -2.16. The molecule has 0 radical (unpaired) electrons. The molecular weight excluding hydrogens is 342 g/mol. The summed E-state index contributed by atoms with van der Waals surface area (Å²) in [6.07, 6.45) is 0.770. The van der Waals surface area contributed by atoms with Gasteiger partial charge in [-0.2, -0.15) is 0 Å². The molecule has 0 unspecified atom stereocenters. The van der Waals surface area contributed by atoms with E-state index in [1.54, 1.807) is 19.2 Å². The molecule has 1 fully saturated rings. The number of ether oxygens (including phenoxy) is 1. The second kappa shape index (κ2) is 7.11. The molecule has 2 N–H and O–H groups in total. The number of nitrogens with one attached hydrogen (secondary N) is 2. The molecule has 3 rings (SSSR count). The fourth-order valence-electron chi connectivity index (χ4n) is 2.61. The molecule has 0 heterocycles. The first-order valence-corrected chi connectivity index (χ1v) is 8.12. The third-order valence-corrected chi connectivity index (χ3v) is 4.41. The molecule has 136 valence electrons. The third kappa shape index (κ3) is 3.66. The zero-order valence-corrected chi connectivity index (χ0v) is 14.1. The van der Waals surface area contributed by atoms with Gasteiger partial charge in [-0.1, -0.05) is 12.1 Å². The monoisotopic (exact) mass is 360 g/mol. The normalized spacial score (nSPS) is 14.4. The van der Waals surface area contributed by atoms with Crippen molar-refractivity contribution in [2.24, 2.45) is 5.41 Å². The lowest BCUT2D eigenvalue weighted by Crippen LogP contribution is -2.39. The number of carbonyl (C=O) groups excluding carboxylic acids is 2. The SMILES string of the molecule is COc1ccc(CNC(=O)C2(C(=O)Nc3ccc(F)cc3F)CC2)cc1. The highest BCUT2D eigenvalue weighted by molar-refractivity contribution is 6.13. The van der Waals surface area contributed by atoms with Crippen molar-refractivity contribution in [1.29, 1.82) is 0 Å². The Balaban J connectivity index is 1.61. The maximum Gasteiger partial charge on any atom is 0.240 e. The number of hydrogen-bond donors (Lipinski definition) is 2. The number of methoxy groups -OCH3 is 1. The first-order valence-electron chi connectivity index (χ1n) is 8.12. The van der Waals surface area contributed by atoms with Crippen LogP contribution in [0.1, 0.15) is 18.4 Å². The number of rotatable bonds is 6. The fraction of sp³-hybridized carbons (Fsp3) is 0.263. The van der Waals surface area contributed by atoms with Gasteiger partial charge in [0.1, 0.15) is 22.8 Å². The van der Waals surface area contributed by atoms with Crippen molar-refractivity contribution in [3.63, 3.8) is 0 Å². The first-order chi connectivity index (χ1) is 12.4. The first kappa shape index (κ1) is 17.8. The van der Waals surface area contributed by atoms with Gasteiger partial charge >= 0.3 is 0 Å². The molecular formula is C19H18F2N2O3. The molecule has 0 saturated heterocycles. The van der Waals surface area contributed by atoms with Crippen LogP contribution in [0.25, 0.3) is 0 Å². The van der Waals surface area contributed by atoms with Crippen LogP contribution in [-0.4, -0.2) is 18.9 Å². The Bertz CT molecular complexity index is 833. The molecule has 0 atom stereocenters. The van der Waals surface area contributed by atoms with Crippen LogP contribution in [0.5, 0.6) is 5.75 Å². The van der Waals surface area contributed by atoms with Crippen LogP contribution >= 0.6 is 0 Å². The molecule has 2 aromatic rings. The molecule has 2 aromatic carbocycles. The number of halogens is 2. The van der Waals surface area contributed by atoms with Gasteiger partial charge in [-0.05, 0) is 42.7 Å². The van der Waals surface area contributed by atoms with Gasteiger partial charge in [0.2, 0.25) is 11.8 Å². The van der Waals surface area contributed by atoms with Crippen LogP contribution in [0.3, 0.4) is 0 Å². The average molecular weight is 360 g/mol. The van der Waals surface area contributed by atoms with Gasteiger partial charge in [-0.3, -0.25) is 9.59 Å². The lowest BCUT2D eigenvalue weighted by molar-refractivity contribution is -0.134. The van der Waals surface area contributed by atoms with Crippen LogP contribution in [-0.2, 0) is 16.1 Å². The number of hydrogen-bond acceptors (Lipinski definition) is 3. The van der Waals surface area contributed by atoms with Crippen molar-refractivity contribution < 1.29 is 23.1 Å². The number of anilines is 1. The van der Waals surface area contributed by atoms with Crippen molar-refractivity contribution >= 4 is 17.5 Å². The summed E-state index contributed by atoms with van der Waals surface area (Å²) in [5.41, 5.74) is -0.488. The van der Waals surface area contributed by atoms with Gasteiger partial charge in [0.05, 0.1) is 12.8 Å². The fourth-order valence-corrected chi connectivity index (χ4v) is 2.61. The van der Waals surface area contributed by atoms with Gasteiger partial charge in [-0.15, -0.1) is 0 Å². The highest BCUT2D eigenvalue weighted by atomic mass is 19.1. The van der Waals surface area contributed by atoms with E-state index in [1.165, 1.54) is 0 Å². The zero-order valence-electron chi connectivity index (χ0n) is 14.1. The van der Waals surface area contributed by atoms with E-state index < -0.39 is 28.9 Å². The minimum atomic E-state index is -1.20. The van der Waals surface area contributed by atoms with E-state index in [1.807, 2.05) is 12.1 Å². The summed E-state index contributed by atoms with van der Waals surface area (Å²) >= 11 is 0. The highest BCUT2D eigenvalue weighted by Crippen LogP contribution is 2.47. The van der Waals surface area contributed by atoms with E-state index in [4.69, 9.17) is 4.74 Å². The minimum Gasteiger partial charge on any atom is -0.497 e. The second-order valence-corrected chi connectivity index (χ2v) is 6.19. The quantitative estimate of drug-likeness (QED) is 0.778. The Hall–Kier alpha value is -2.96. The summed E-state index contributed by atoms with van der Waals surface area (Å²) in [5, 5.41) is 5.11. The maximum absolute atomic E-state index is 13.7. The van der Waals surface area contributed by atoms with E-state index in [0.29, 0.717) is 24.7 Å². The van der Waals surface area contributed by atoms with E-state index in [9.17, 15) is 18.4 Å². The van der Waals surface area contributed by atoms with Crippen molar-refractivity contribution in [1.82, 2.24) is 5.32 Å². The van der Waals surface area contributed by atoms with Crippen LogP contribution in [0.15, 0.2) is 42.5 Å². The topological polar surface area (TPSA) is 67.4 Å². The van der Waals surface area contributed by atoms with Crippen LogP contribution < -0.4 is 15.4 Å². The molecule has 1 saturated carbocycles. The summed E-state index contributed by atoms with van der Waals surface area (Å²) in [7, 11) is 1.57. The van der Waals surface area contributed by atoms with E-state index in [-0.39, 0.29) is 12.2 Å². The van der Waals surface area contributed by atoms with Crippen molar-refractivity contribution in [2.75, 3.05) is 12.4 Å². The smallest absolute Gasteiger partial charge is 0.240 e. The standard InChI is InChI=1S/C19H18F2N2O3/c1-26-14-5-2-12(3-6-14)11-22-17(24)19(8-9-19)18(25)23-16-7-4-13(20)10-15(16)21/h2-7,10H,8-9,11H2,1H3,(H,22,24)(H,23,25). The predicted molar refractivity (Wildman–Crippen MR) is 91.5 cm³/mol. The lowest BCUT2D eigenvalue weighted by atomic mass is 10.0. The third-order valence-electron chi connectivity index (χ3n) is 4.41. The van der Waals surface area contributed by atoms with Gasteiger partial charge in [0.25, 0.3) is 0 Å². The Morgan fingerprint density at radius 1 is 1.08 bits per heavy atom. The van der Waals surface area contributed by atoms with Crippen LogP contribution in [0, 0.1) is 17.0 Å². The van der Waals surface area contributed by atoms with E-state index in [2.05, 4.69) is 10.6 Å². The van der Waals surface area contributed by atoms with E-state index in [0.717, 1.165) is 17.7 Å². The average Bonchev–Trinajstić information content (AvgIpc) is 3.44. The Kier molecular flexibility index (Phi) is 4.88. The molecule has 0 aliphatic heterocycles. The second-order valence-electron chi connectivity index (χ2n) is 6.19. The maximum atomic E-state index is 13.7. The van der Waals surface area contributed by atoms with Gasteiger partial charge in [-0.25, -0.2) is 8.78 Å². The summed E-state index contributed by atoms with van der Waals surface area (Å²) in [5.74, 6) is -1.91. The number of amides is 2. The Morgan fingerprint density at radius 3 is 2.35 bits per heavy atom. The zero-order chi connectivity index (χ0) is 18.7. The molecule has 26 heavy (non-hydrogen) atoms. The molecule has 1 aliphatic rings. The molecule has 0 spiro atoms. The highest BCUT2D eigenvalue weighted by Gasteiger charge is 2.56. The Labute approximate surface area is 149 Å². The summed E-state index contributed by atoms with van der Waals surface area (Å²) < 4.78 is 31.7. The van der Waals surface area contributed by atoms with Crippen molar-refractivity contribution in [3.8, 4) is 5.75 Å². The van der Waals surface area contributed by atoms with E-state index >= 15 is 0 Å². The largest absolute Gasteiger partial charge is 0.497 e. The molecule has 2 amide bonds. The Morgan fingerprint density at radius 2 is 1.77 bits per heavy atom. The summed E-state index contributed by atoms with van der Waals surface area (Å²) in [6.45, 7) is 0.267. The van der Waals surface area contributed by atoms with Crippen LogP contribution in [0.4, 0.5) is 14.5 Å². The van der Waals surface area contributed by atoms with Gasteiger partial charge in [0, 0.05) is 12.6 Å².